The molecule has 0 spiro atoms. The number of urea groups is 1. The van der Waals surface area contributed by atoms with E-state index in [0.717, 1.165) is 25.8 Å². The Morgan fingerprint density at radius 2 is 2.08 bits per heavy atom. The summed E-state index contributed by atoms with van der Waals surface area (Å²) in [6.45, 7) is 5.32. The third-order valence-corrected chi connectivity index (χ3v) is 1.79. The van der Waals surface area contributed by atoms with E-state index in [1.807, 2.05) is 6.92 Å². The number of nitrogens with one attached hydrogen (secondary N) is 2. The van der Waals surface area contributed by atoms with Crippen LogP contribution in [0.25, 0.3) is 0 Å². The first-order chi connectivity index (χ1) is 6.24. The number of amides is 2. The van der Waals surface area contributed by atoms with Gasteiger partial charge in [0.2, 0.25) is 0 Å². The van der Waals surface area contributed by atoms with E-state index in [0.29, 0.717) is 6.54 Å². The van der Waals surface area contributed by atoms with Gasteiger partial charge in [-0.1, -0.05) is 20.3 Å². The molecule has 0 aliphatic rings. The van der Waals surface area contributed by atoms with E-state index in [4.69, 9.17) is 5.73 Å². The Hall–Kier alpha value is -0.770. The molecule has 13 heavy (non-hydrogen) atoms. The fourth-order valence-electron chi connectivity index (χ4n) is 1.07. The summed E-state index contributed by atoms with van der Waals surface area (Å²) in [6, 6.07) is 0.00704. The van der Waals surface area contributed by atoms with E-state index >= 15 is 0 Å². The van der Waals surface area contributed by atoms with Crippen LogP contribution in [0.3, 0.4) is 0 Å². The summed E-state index contributed by atoms with van der Waals surface area (Å²) in [5, 5.41) is 5.58. The Kier molecular flexibility index (Phi) is 7.39. The number of rotatable bonds is 6. The first-order valence-electron chi connectivity index (χ1n) is 4.99. The Balaban J connectivity index is 3.60. The summed E-state index contributed by atoms with van der Waals surface area (Å²) in [7, 11) is 0. The normalized spacial score (nSPS) is 12.2. The molecule has 0 saturated carbocycles. The highest BCUT2D eigenvalue weighted by molar-refractivity contribution is 5.74. The second kappa shape index (κ2) is 7.86. The Bertz CT molecular complexity index is 139. The van der Waals surface area contributed by atoms with Crippen LogP contribution >= 0.6 is 0 Å². The van der Waals surface area contributed by atoms with E-state index < -0.39 is 0 Å². The molecule has 0 aromatic heterocycles. The number of hydrogen-bond donors (Lipinski definition) is 3. The molecule has 4 N–H and O–H groups in total. The molecular weight excluding hydrogens is 166 g/mol. The van der Waals surface area contributed by atoms with Crippen LogP contribution in [-0.2, 0) is 0 Å². The van der Waals surface area contributed by atoms with Gasteiger partial charge in [0.15, 0.2) is 0 Å². The Morgan fingerprint density at radius 1 is 1.38 bits per heavy atom. The minimum Gasteiger partial charge on any atom is -0.338 e. The molecular formula is C9H21N3O. The number of carbonyl (C=O) groups excluding carboxylic acids is 1. The van der Waals surface area contributed by atoms with Crippen LogP contribution in [0.4, 0.5) is 4.79 Å². The lowest BCUT2D eigenvalue weighted by atomic mass is 10.2. The van der Waals surface area contributed by atoms with Crippen molar-refractivity contribution in [1.29, 1.82) is 0 Å². The summed E-state index contributed by atoms with van der Waals surface area (Å²) < 4.78 is 0. The molecule has 78 valence electrons. The SMILES string of the molecule is CCCNC(=O)NC(CN)CCC. The predicted molar refractivity (Wildman–Crippen MR) is 54.6 cm³/mol. The summed E-state index contributed by atoms with van der Waals surface area (Å²) in [4.78, 5) is 11.2. The lowest BCUT2D eigenvalue weighted by Crippen LogP contribution is -2.45. The average molecular weight is 187 g/mol. The van der Waals surface area contributed by atoms with E-state index in [2.05, 4.69) is 17.6 Å². The van der Waals surface area contributed by atoms with Crippen molar-refractivity contribution in [3.8, 4) is 0 Å². The zero-order valence-electron chi connectivity index (χ0n) is 8.60. The van der Waals surface area contributed by atoms with Gasteiger partial charge in [-0.25, -0.2) is 4.79 Å². The summed E-state index contributed by atoms with van der Waals surface area (Å²) in [5.74, 6) is 0. The van der Waals surface area contributed by atoms with Crippen molar-refractivity contribution in [2.24, 2.45) is 5.73 Å². The first-order valence-corrected chi connectivity index (χ1v) is 4.99. The second-order valence-electron chi connectivity index (χ2n) is 3.12. The third-order valence-electron chi connectivity index (χ3n) is 1.79. The molecule has 4 heteroatoms. The maximum atomic E-state index is 11.2. The van der Waals surface area contributed by atoms with Crippen molar-refractivity contribution in [3.05, 3.63) is 0 Å². The third kappa shape index (κ3) is 6.40. The van der Waals surface area contributed by atoms with Crippen molar-refractivity contribution in [2.75, 3.05) is 13.1 Å². The van der Waals surface area contributed by atoms with Gasteiger partial charge >= 0.3 is 6.03 Å². The molecule has 0 aromatic carbocycles. The molecule has 4 nitrogen and oxygen atoms in total. The lowest BCUT2D eigenvalue weighted by Gasteiger charge is -2.16. The molecule has 0 aromatic rings. The maximum absolute atomic E-state index is 11.2. The van der Waals surface area contributed by atoms with Crippen LogP contribution in [0.2, 0.25) is 0 Å². The van der Waals surface area contributed by atoms with Gasteiger partial charge in [0.1, 0.15) is 0 Å². The molecule has 0 fully saturated rings. The molecule has 0 aliphatic carbocycles. The zero-order chi connectivity index (χ0) is 10.1. The highest BCUT2D eigenvalue weighted by Gasteiger charge is 2.07. The molecule has 0 heterocycles. The topological polar surface area (TPSA) is 67.2 Å². The largest absolute Gasteiger partial charge is 0.338 e. The fraction of sp³-hybridized carbons (Fsp3) is 0.889. The molecule has 0 saturated heterocycles. The lowest BCUT2D eigenvalue weighted by molar-refractivity contribution is 0.236. The molecule has 2 amide bonds. The standard InChI is InChI=1S/C9H21N3O/c1-3-5-8(7-10)12-9(13)11-6-4-2/h8H,3-7,10H2,1-2H3,(H2,11,12,13). The van der Waals surface area contributed by atoms with Gasteiger partial charge in [-0.15, -0.1) is 0 Å². The number of carbonyl (C=O) groups is 1. The zero-order valence-corrected chi connectivity index (χ0v) is 8.60. The molecule has 0 aliphatic heterocycles. The van der Waals surface area contributed by atoms with Gasteiger partial charge < -0.3 is 16.4 Å². The molecule has 1 atom stereocenters. The van der Waals surface area contributed by atoms with E-state index in [-0.39, 0.29) is 12.1 Å². The predicted octanol–water partition coefficient (Wildman–Crippen LogP) is 0.823. The van der Waals surface area contributed by atoms with Crippen LogP contribution in [0, 0.1) is 0 Å². The van der Waals surface area contributed by atoms with E-state index in [1.165, 1.54) is 0 Å². The molecule has 0 radical (unpaired) electrons. The maximum Gasteiger partial charge on any atom is 0.315 e. The van der Waals surface area contributed by atoms with Gasteiger partial charge in [0, 0.05) is 19.1 Å². The Morgan fingerprint density at radius 3 is 2.54 bits per heavy atom. The van der Waals surface area contributed by atoms with Crippen molar-refractivity contribution in [2.45, 2.75) is 39.2 Å². The van der Waals surface area contributed by atoms with E-state index in [1.54, 1.807) is 0 Å². The quantitative estimate of drug-likeness (QED) is 0.576. The minimum absolute atomic E-state index is 0.106. The van der Waals surface area contributed by atoms with Gasteiger partial charge in [-0.2, -0.15) is 0 Å². The van der Waals surface area contributed by atoms with Gasteiger partial charge in [0.25, 0.3) is 0 Å². The fourth-order valence-corrected chi connectivity index (χ4v) is 1.07. The molecule has 0 bridgehead atoms. The number of hydrogen-bond acceptors (Lipinski definition) is 2. The highest BCUT2D eigenvalue weighted by Crippen LogP contribution is 1.93. The van der Waals surface area contributed by atoms with Gasteiger partial charge in [0.05, 0.1) is 0 Å². The second-order valence-corrected chi connectivity index (χ2v) is 3.12. The molecule has 1 unspecified atom stereocenters. The van der Waals surface area contributed by atoms with Crippen LogP contribution in [0.5, 0.6) is 0 Å². The molecule has 0 rings (SSSR count). The summed E-state index contributed by atoms with van der Waals surface area (Å²) in [5.41, 5.74) is 5.49. The summed E-state index contributed by atoms with van der Waals surface area (Å²) >= 11 is 0. The monoisotopic (exact) mass is 187 g/mol. The minimum atomic E-state index is -0.106. The van der Waals surface area contributed by atoms with Crippen LogP contribution in [0.1, 0.15) is 33.1 Å². The van der Waals surface area contributed by atoms with Crippen LogP contribution in [0.15, 0.2) is 0 Å². The van der Waals surface area contributed by atoms with Crippen molar-refractivity contribution in [1.82, 2.24) is 10.6 Å². The van der Waals surface area contributed by atoms with Crippen molar-refractivity contribution >= 4 is 6.03 Å². The Labute approximate surface area is 80.3 Å². The van der Waals surface area contributed by atoms with Crippen LogP contribution < -0.4 is 16.4 Å². The van der Waals surface area contributed by atoms with Crippen molar-refractivity contribution in [3.63, 3.8) is 0 Å². The van der Waals surface area contributed by atoms with Crippen molar-refractivity contribution < 1.29 is 4.79 Å². The van der Waals surface area contributed by atoms with Gasteiger partial charge in [-0.3, -0.25) is 0 Å². The van der Waals surface area contributed by atoms with E-state index in [9.17, 15) is 4.79 Å². The summed E-state index contributed by atoms with van der Waals surface area (Å²) in [6.07, 6.45) is 2.93. The first kappa shape index (κ1) is 12.2. The average Bonchev–Trinajstić information content (AvgIpc) is 2.14. The van der Waals surface area contributed by atoms with Gasteiger partial charge in [-0.05, 0) is 12.8 Å². The smallest absolute Gasteiger partial charge is 0.315 e. The highest BCUT2D eigenvalue weighted by atomic mass is 16.2. The number of nitrogens with two attached hydrogens (primary N) is 1. The van der Waals surface area contributed by atoms with Crippen LogP contribution in [-0.4, -0.2) is 25.2 Å².